The van der Waals surface area contributed by atoms with Gasteiger partial charge in [0.2, 0.25) is 0 Å². The maximum absolute atomic E-state index is 13.0. The molecule has 1 aromatic carbocycles. The van der Waals surface area contributed by atoms with E-state index in [0.717, 1.165) is 38.4 Å². The van der Waals surface area contributed by atoms with Gasteiger partial charge >= 0.3 is 0 Å². The minimum absolute atomic E-state index is 0.0663. The second-order valence-electron chi connectivity index (χ2n) is 4.76. The van der Waals surface area contributed by atoms with Crippen LogP contribution in [0.15, 0.2) is 18.2 Å². The lowest BCUT2D eigenvalue weighted by Crippen LogP contribution is -2.47. The molecule has 0 aliphatic carbocycles. The van der Waals surface area contributed by atoms with Gasteiger partial charge in [-0.05, 0) is 18.2 Å². The van der Waals surface area contributed by atoms with Crippen molar-refractivity contribution >= 4 is 17.3 Å². The van der Waals surface area contributed by atoms with Gasteiger partial charge in [-0.1, -0.05) is 11.6 Å². The van der Waals surface area contributed by atoms with Crippen molar-refractivity contribution in [1.82, 2.24) is 4.90 Å². The molecular formula is C14H20ClFN2O2. The molecule has 20 heavy (non-hydrogen) atoms. The Kier molecular flexibility index (Phi) is 6.04. The van der Waals surface area contributed by atoms with Crippen LogP contribution in [0.25, 0.3) is 0 Å². The second kappa shape index (κ2) is 7.78. The number of hydrogen-bond acceptors (Lipinski definition) is 4. The third-order valence-electron chi connectivity index (χ3n) is 3.41. The SMILES string of the molecule is OCCOCCN1CCN(c2ccc(F)cc2Cl)CC1. The fourth-order valence-corrected chi connectivity index (χ4v) is 2.60. The minimum atomic E-state index is -0.307. The van der Waals surface area contributed by atoms with Crippen LogP contribution in [0.4, 0.5) is 10.1 Å². The van der Waals surface area contributed by atoms with Gasteiger partial charge in [0, 0.05) is 32.7 Å². The van der Waals surface area contributed by atoms with Gasteiger partial charge in [-0.3, -0.25) is 4.90 Å². The molecule has 1 fully saturated rings. The molecule has 112 valence electrons. The van der Waals surface area contributed by atoms with E-state index in [-0.39, 0.29) is 12.4 Å². The second-order valence-corrected chi connectivity index (χ2v) is 5.17. The first-order chi connectivity index (χ1) is 9.70. The quantitative estimate of drug-likeness (QED) is 0.810. The summed E-state index contributed by atoms with van der Waals surface area (Å²) in [6.45, 7) is 5.55. The van der Waals surface area contributed by atoms with Gasteiger partial charge in [-0.25, -0.2) is 4.39 Å². The third-order valence-corrected chi connectivity index (χ3v) is 3.71. The zero-order valence-corrected chi connectivity index (χ0v) is 12.2. The summed E-state index contributed by atoms with van der Waals surface area (Å²) in [7, 11) is 0. The Morgan fingerprint density at radius 3 is 2.60 bits per heavy atom. The molecule has 0 saturated carbocycles. The van der Waals surface area contributed by atoms with Crippen LogP contribution >= 0.6 is 11.6 Å². The largest absolute Gasteiger partial charge is 0.394 e. The van der Waals surface area contributed by atoms with Gasteiger partial charge in [-0.15, -0.1) is 0 Å². The van der Waals surface area contributed by atoms with E-state index in [0.29, 0.717) is 18.2 Å². The Morgan fingerprint density at radius 2 is 1.95 bits per heavy atom. The average Bonchev–Trinajstić information content (AvgIpc) is 2.45. The van der Waals surface area contributed by atoms with Gasteiger partial charge in [0.05, 0.1) is 30.5 Å². The van der Waals surface area contributed by atoms with Crippen LogP contribution in [0.5, 0.6) is 0 Å². The van der Waals surface area contributed by atoms with Crippen molar-refractivity contribution < 1.29 is 14.2 Å². The van der Waals surface area contributed by atoms with Crippen LogP contribution in [0, 0.1) is 5.82 Å². The molecule has 2 rings (SSSR count). The maximum Gasteiger partial charge on any atom is 0.124 e. The zero-order valence-electron chi connectivity index (χ0n) is 11.4. The maximum atomic E-state index is 13.0. The highest BCUT2D eigenvalue weighted by atomic mass is 35.5. The fourth-order valence-electron chi connectivity index (χ4n) is 2.31. The van der Waals surface area contributed by atoms with Crippen LogP contribution in [0.3, 0.4) is 0 Å². The highest BCUT2D eigenvalue weighted by molar-refractivity contribution is 6.33. The Labute approximate surface area is 123 Å². The molecule has 0 unspecified atom stereocenters. The number of aliphatic hydroxyl groups excluding tert-OH is 1. The number of hydrogen-bond donors (Lipinski definition) is 1. The molecule has 1 saturated heterocycles. The molecule has 1 aliphatic rings. The van der Waals surface area contributed by atoms with Gasteiger partial charge < -0.3 is 14.7 Å². The first-order valence-electron chi connectivity index (χ1n) is 6.81. The first-order valence-corrected chi connectivity index (χ1v) is 7.19. The van der Waals surface area contributed by atoms with Gasteiger partial charge in [-0.2, -0.15) is 0 Å². The summed E-state index contributed by atoms with van der Waals surface area (Å²) in [4.78, 5) is 4.48. The lowest BCUT2D eigenvalue weighted by Gasteiger charge is -2.36. The number of benzene rings is 1. The summed E-state index contributed by atoms with van der Waals surface area (Å²) in [5, 5.41) is 9.09. The van der Waals surface area contributed by atoms with Crippen molar-refractivity contribution in [3.05, 3.63) is 29.0 Å². The van der Waals surface area contributed by atoms with Crippen molar-refractivity contribution in [2.45, 2.75) is 0 Å². The summed E-state index contributed by atoms with van der Waals surface area (Å²) in [6.07, 6.45) is 0. The molecule has 1 aromatic rings. The summed E-state index contributed by atoms with van der Waals surface area (Å²) >= 11 is 6.08. The molecule has 0 amide bonds. The molecule has 0 radical (unpaired) electrons. The highest BCUT2D eigenvalue weighted by Gasteiger charge is 2.18. The van der Waals surface area contributed by atoms with Crippen LogP contribution < -0.4 is 4.90 Å². The Balaban J connectivity index is 1.79. The van der Waals surface area contributed by atoms with E-state index >= 15 is 0 Å². The molecule has 1 heterocycles. The summed E-state index contributed by atoms with van der Waals surface area (Å²) in [5.74, 6) is -0.307. The number of rotatable bonds is 6. The van der Waals surface area contributed by atoms with E-state index in [1.54, 1.807) is 6.07 Å². The molecule has 1 aliphatic heterocycles. The monoisotopic (exact) mass is 302 g/mol. The Bertz CT molecular complexity index is 426. The number of anilines is 1. The van der Waals surface area contributed by atoms with E-state index in [4.69, 9.17) is 21.4 Å². The average molecular weight is 303 g/mol. The van der Waals surface area contributed by atoms with Crippen molar-refractivity contribution in [2.24, 2.45) is 0 Å². The Hall–Kier alpha value is -0.880. The number of halogens is 2. The topological polar surface area (TPSA) is 35.9 Å². The van der Waals surface area contributed by atoms with Gasteiger partial charge in [0.15, 0.2) is 0 Å². The van der Waals surface area contributed by atoms with Crippen molar-refractivity contribution in [3.8, 4) is 0 Å². The summed E-state index contributed by atoms with van der Waals surface area (Å²) < 4.78 is 18.3. The highest BCUT2D eigenvalue weighted by Crippen LogP contribution is 2.27. The first kappa shape index (κ1) is 15.5. The van der Waals surface area contributed by atoms with Gasteiger partial charge in [0.1, 0.15) is 5.82 Å². The van der Waals surface area contributed by atoms with Crippen molar-refractivity contribution in [3.63, 3.8) is 0 Å². The lowest BCUT2D eigenvalue weighted by atomic mass is 10.2. The zero-order chi connectivity index (χ0) is 14.4. The molecular weight excluding hydrogens is 283 g/mol. The third kappa shape index (κ3) is 4.31. The van der Waals surface area contributed by atoms with Crippen molar-refractivity contribution in [1.29, 1.82) is 0 Å². The Morgan fingerprint density at radius 1 is 1.20 bits per heavy atom. The normalized spacial score (nSPS) is 16.6. The fraction of sp³-hybridized carbons (Fsp3) is 0.571. The predicted octanol–water partition coefficient (Wildman–Crippen LogP) is 1.61. The molecule has 0 atom stereocenters. The lowest BCUT2D eigenvalue weighted by molar-refractivity contribution is 0.0724. The van der Waals surface area contributed by atoms with E-state index in [1.165, 1.54) is 12.1 Å². The molecule has 0 aromatic heterocycles. The minimum Gasteiger partial charge on any atom is -0.394 e. The standard InChI is InChI=1S/C14H20ClFN2O2/c15-13-11-12(16)1-2-14(13)18-5-3-17(4-6-18)7-9-20-10-8-19/h1-2,11,19H,3-10H2. The number of nitrogens with zero attached hydrogens (tertiary/aromatic N) is 2. The molecule has 6 heteroatoms. The molecule has 0 spiro atoms. The molecule has 1 N–H and O–H groups in total. The summed E-state index contributed by atoms with van der Waals surface area (Å²) in [6, 6.07) is 4.53. The molecule has 0 bridgehead atoms. The van der Waals surface area contributed by atoms with Crippen LogP contribution in [-0.4, -0.2) is 62.6 Å². The van der Waals surface area contributed by atoms with Crippen LogP contribution in [0.2, 0.25) is 5.02 Å². The van der Waals surface area contributed by atoms with E-state index in [9.17, 15) is 4.39 Å². The van der Waals surface area contributed by atoms with E-state index in [1.807, 2.05) is 0 Å². The van der Waals surface area contributed by atoms with E-state index < -0.39 is 0 Å². The number of aliphatic hydroxyl groups is 1. The number of piperazine rings is 1. The van der Waals surface area contributed by atoms with Gasteiger partial charge in [0.25, 0.3) is 0 Å². The van der Waals surface area contributed by atoms with E-state index in [2.05, 4.69) is 9.80 Å². The van der Waals surface area contributed by atoms with Crippen LogP contribution in [0.1, 0.15) is 0 Å². The smallest absolute Gasteiger partial charge is 0.124 e. The van der Waals surface area contributed by atoms with Crippen LogP contribution in [-0.2, 0) is 4.74 Å². The number of ether oxygens (including phenoxy) is 1. The molecule has 4 nitrogen and oxygen atoms in total. The summed E-state index contributed by atoms with van der Waals surface area (Å²) in [5.41, 5.74) is 0.893. The predicted molar refractivity (Wildman–Crippen MR) is 78.0 cm³/mol. The van der Waals surface area contributed by atoms with Crippen molar-refractivity contribution in [2.75, 3.05) is 57.4 Å².